The molecule has 0 spiro atoms. The van der Waals surface area contributed by atoms with Gasteiger partial charge in [0.05, 0.1) is 16.0 Å². The highest BCUT2D eigenvalue weighted by Crippen LogP contribution is 2.31. The summed E-state index contributed by atoms with van der Waals surface area (Å²) in [6.45, 7) is 1.62. The Morgan fingerprint density at radius 1 is 0.897 bits per heavy atom. The second-order valence-electron chi connectivity index (χ2n) is 6.56. The van der Waals surface area contributed by atoms with E-state index in [1.54, 1.807) is 6.92 Å². The molecule has 0 amide bonds. The Morgan fingerprint density at radius 3 is 1.93 bits per heavy atom. The first kappa shape index (κ1) is 23.8. The smallest absolute Gasteiger partial charge is 0.218 e. The second kappa shape index (κ2) is 8.32. The Morgan fingerprint density at radius 2 is 1.45 bits per heavy atom. The molecule has 0 aliphatic heterocycles. The van der Waals surface area contributed by atoms with Crippen LogP contribution < -0.4 is 4.72 Å². The molecule has 0 saturated heterocycles. The second-order valence-corrected chi connectivity index (χ2v) is 12.8. The van der Waals surface area contributed by atoms with Crippen LogP contribution in [0.2, 0.25) is 5.02 Å². The fourth-order valence-corrected chi connectivity index (χ4v) is 6.53. The lowest BCUT2D eigenvalue weighted by atomic mass is 10.1. The summed E-state index contributed by atoms with van der Waals surface area (Å²) >= 11 is 5.90. The van der Waals surface area contributed by atoms with E-state index in [0.717, 1.165) is 22.7 Å². The molecule has 0 saturated carbocycles. The van der Waals surface area contributed by atoms with Gasteiger partial charge in [-0.15, -0.1) is 0 Å². The number of hydrogen-bond donors (Lipinski definition) is 1. The summed E-state index contributed by atoms with van der Waals surface area (Å²) in [7, 11) is -9.11. The number of halogens is 1. The van der Waals surface area contributed by atoms with Crippen LogP contribution >= 0.6 is 11.6 Å². The molecule has 0 aliphatic carbocycles. The highest BCUT2D eigenvalue weighted by molar-refractivity contribution is 7.93. The average molecular weight is 481 g/mol. The van der Waals surface area contributed by atoms with Crippen molar-refractivity contribution < 1.29 is 25.3 Å². The highest BCUT2D eigenvalue weighted by atomic mass is 35.5. The SMILES string of the molecule is C[C@H](NS(C)(=O)=O)c1ccc(S(=O)(=O)c2ccc(Cl)cc2S(=O)(=O)N(C)C)cc1. The van der Waals surface area contributed by atoms with Gasteiger partial charge in [0.25, 0.3) is 0 Å². The zero-order valence-electron chi connectivity index (χ0n) is 16.1. The number of sulfone groups is 1. The molecular weight excluding hydrogens is 460 g/mol. The lowest BCUT2D eigenvalue weighted by molar-refractivity contribution is 0.517. The van der Waals surface area contributed by atoms with Gasteiger partial charge in [0, 0.05) is 25.2 Å². The fraction of sp³-hybridized carbons (Fsp3) is 0.294. The topological polar surface area (TPSA) is 118 Å². The van der Waals surface area contributed by atoms with Crippen molar-refractivity contribution >= 4 is 41.5 Å². The van der Waals surface area contributed by atoms with Crippen LogP contribution in [0.3, 0.4) is 0 Å². The van der Waals surface area contributed by atoms with E-state index in [9.17, 15) is 25.3 Å². The lowest BCUT2D eigenvalue weighted by Gasteiger charge is -2.16. The minimum Gasteiger partial charge on any atom is -0.218 e. The number of hydrogen-bond acceptors (Lipinski definition) is 6. The van der Waals surface area contributed by atoms with Gasteiger partial charge in [0.15, 0.2) is 0 Å². The van der Waals surface area contributed by atoms with Crippen LogP contribution in [0.5, 0.6) is 0 Å². The van der Waals surface area contributed by atoms with Crippen molar-refractivity contribution in [3.8, 4) is 0 Å². The fourth-order valence-electron chi connectivity index (χ4n) is 2.55. The molecule has 12 heteroatoms. The van der Waals surface area contributed by atoms with E-state index in [2.05, 4.69) is 4.72 Å². The van der Waals surface area contributed by atoms with Crippen LogP contribution in [-0.2, 0) is 29.9 Å². The van der Waals surface area contributed by atoms with Crippen LogP contribution in [0.25, 0.3) is 0 Å². The maximum atomic E-state index is 13.1. The largest absolute Gasteiger partial charge is 0.243 e. The van der Waals surface area contributed by atoms with Gasteiger partial charge in [-0.05, 0) is 42.8 Å². The maximum Gasteiger partial charge on any atom is 0.243 e. The number of benzene rings is 2. The monoisotopic (exact) mass is 480 g/mol. The van der Waals surface area contributed by atoms with Crippen molar-refractivity contribution in [1.82, 2.24) is 9.03 Å². The molecule has 2 aromatic carbocycles. The van der Waals surface area contributed by atoms with E-state index >= 15 is 0 Å². The van der Waals surface area contributed by atoms with Gasteiger partial charge in [0.1, 0.15) is 4.90 Å². The van der Waals surface area contributed by atoms with E-state index in [1.165, 1.54) is 44.4 Å². The molecule has 0 radical (unpaired) electrons. The average Bonchev–Trinajstić information content (AvgIpc) is 2.60. The molecule has 0 aliphatic rings. The third-order valence-electron chi connectivity index (χ3n) is 4.04. The summed E-state index contributed by atoms with van der Waals surface area (Å²) in [6, 6.07) is 8.50. The van der Waals surface area contributed by atoms with Crippen LogP contribution in [0.4, 0.5) is 0 Å². The molecule has 8 nitrogen and oxygen atoms in total. The van der Waals surface area contributed by atoms with E-state index < -0.39 is 45.7 Å². The molecule has 0 fully saturated rings. The minimum atomic E-state index is -4.18. The van der Waals surface area contributed by atoms with Gasteiger partial charge < -0.3 is 0 Å². The first-order valence-corrected chi connectivity index (χ1v) is 13.4. The highest BCUT2D eigenvalue weighted by Gasteiger charge is 2.30. The van der Waals surface area contributed by atoms with Crippen LogP contribution in [0, 0.1) is 0 Å². The van der Waals surface area contributed by atoms with Crippen molar-refractivity contribution in [3.05, 3.63) is 53.1 Å². The van der Waals surface area contributed by atoms with E-state index in [1.807, 2.05) is 0 Å². The summed E-state index contributed by atoms with van der Waals surface area (Å²) in [4.78, 5) is -0.956. The Balaban J connectivity index is 2.55. The first-order valence-electron chi connectivity index (χ1n) is 8.20. The van der Waals surface area contributed by atoms with Crippen LogP contribution in [-0.4, -0.2) is 49.9 Å². The van der Waals surface area contributed by atoms with Gasteiger partial charge in [-0.2, -0.15) is 0 Å². The third-order valence-corrected chi connectivity index (χ3v) is 8.86. The van der Waals surface area contributed by atoms with Gasteiger partial charge in [-0.3, -0.25) is 0 Å². The third kappa shape index (κ3) is 5.36. The van der Waals surface area contributed by atoms with E-state index in [4.69, 9.17) is 11.6 Å². The van der Waals surface area contributed by atoms with Gasteiger partial charge in [-0.25, -0.2) is 34.3 Å². The first-order chi connectivity index (χ1) is 13.2. The molecule has 1 atom stereocenters. The molecule has 0 unspecified atom stereocenters. The lowest BCUT2D eigenvalue weighted by Crippen LogP contribution is -2.25. The molecule has 29 heavy (non-hydrogen) atoms. The summed E-state index contributed by atoms with van der Waals surface area (Å²) < 4.78 is 77.4. The predicted octanol–water partition coefficient (Wildman–Crippen LogP) is 2.03. The van der Waals surface area contributed by atoms with Gasteiger partial charge in [0.2, 0.25) is 29.9 Å². The standard InChI is InChI=1S/C17H21ClN2O6S3/c1-12(19-27(4,21)22)13-5-8-15(9-6-13)28(23,24)16-10-7-14(18)11-17(16)29(25,26)20(2)3/h5-12,19H,1-4H3/t12-/m0/s1. The number of sulfonamides is 2. The van der Waals surface area contributed by atoms with Crippen LogP contribution in [0.15, 0.2) is 57.2 Å². The zero-order valence-corrected chi connectivity index (χ0v) is 19.3. The maximum absolute atomic E-state index is 13.1. The summed E-state index contributed by atoms with van der Waals surface area (Å²) in [6.07, 6.45) is 1.02. The summed E-state index contributed by atoms with van der Waals surface area (Å²) in [5, 5.41) is 0.0837. The van der Waals surface area contributed by atoms with Gasteiger partial charge in [-0.1, -0.05) is 23.7 Å². The zero-order chi connectivity index (χ0) is 22.2. The van der Waals surface area contributed by atoms with Crippen molar-refractivity contribution in [2.75, 3.05) is 20.4 Å². The number of nitrogens with zero attached hydrogens (tertiary/aromatic N) is 1. The van der Waals surface area contributed by atoms with Gasteiger partial charge >= 0.3 is 0 Å². The van der Waals surface area contributed by atoms with Crippen molar-refractivity contribution in [1.29, 1.82) is 0 Å². The Labute approximate surface area is 176 Å². The summed E-state index contributed by atoms with van der Waals surface area (Å²) in [5.74, 6) is 0. The summed E-state index contributed by atoms with van der Waals surface area (Å²) in [5.41, 5.74) is 0.548. The van der Waals surface area contributed by atoms with Crippen molar-refractivity contribution in [2.45, 2.75) is 27.7 Å². The molecular formula is C17H21ClN2O6S3. The molecule has 2 rings (SSSR count). The van der Waals surface area contributed by atoms with Crippen molar-refractivity contribution in [2.24, 2.45) is 0 Å². The van der Waals surface area contributed by atoms with Crippen molar-refractivity contribution in [3.63, 3.8) is 0 Å². The normalized spacial score (nSPS) is 14.1. The molecule has 0 bridgehead atoms. The number of nitrogens with one attached hydrogen (secondary N) is 1. The molecule has 1 N–H and O–H groups in total. The molecule has 160 valence electrons. The molecule has 0 heterocycles. The van der Waals surface area contributed by atoms with E-state index in [-0.39, 0.29) is 9.92 Å². The Kier molecular flexibility index (Phi) is 6.82. The van der Waals surface area contributed by atoms with Crippen LogP contribution in [0.1, 0.15) is 18.5 Å². The quantitative estimate of drug-likeness (QED) is 0.647. The van der Waals surface area contributed by atoms with E-state index in [0.29, 0.717) is 5.56 Å². The minimum absolute atomic E-state index is 0.0837. The Hall–Kier alpha value is -1.50. The number of rotatable bonds is 7. The molecule has 0 aromatic heterocycles. The predicted molar refractivity (Wildman–Crippen MR) is 111 cm³/mol. The molecule has 2 aromatic rings. The Bertz CT molecular complexity index is 1220.